The summed E-state index contributed by atoms with van der Waals surface area (Å²) >= 11 is 0. The van der Waals surface area contributed by atoms with Gasteiger partial charge in [0.25, 0.3) is 5.91 Å². The Morgan fingerprint density at radius 3 is 2.96 bits per heavy atom. The number of hydrogen-bond donors (Lipinski definition) is 2. The highest BCUT2D eigenvalue weighted by atomic mass is 16.3. The summed E-state index contributed by atoms with van der Waals surface area (Å²) in [6.45, 7) is 2.57. The van der Waals surface area contributed by atoms with Crippen LogP contribution < -0.4 is 5.32 Å². The minimum absolute atomic E-state index is 0.119. The fraction of sp³-hybridized carbons (Fsp3) is 0.353. The number of rotatable bonds is 4. The van der Waals surface area contributed by atoms with Crippen molar-refractivity contribution in [2.75, 3.05) is 13.1 Å². The highest BCUT2D eigenvalue weighted by Gasteiger charge is 2.22. The topological polar surface area (TPSA) is 78.4 Å². The third kappa shape index (κ3) is 4.26. The van der Waals surface area contributed by atoms with E-state index in [4.69, 9.17) is 0 Å². The van der Waals surface area contributed by atoms with Crippen molar-refractivity contribution in [1.29, 1.82) is 0 Å². The van der Waals surface area contributed by atoms with E-state index in [-0.39, 0.29) is 17.7 Å². The molecule has 1 aliphatic heterocycles. The van der Waals surface area contributed by atoms with Gasteiger partial charge in [0.15, 0.2) is 0 Å². The Morgan fingerprint density at radius 2 is 2.17 bits per heavy atom. The third-order valence-electron chi connectivity index (χ3n) is 3.98. The number of hydrogen-bond acceptors (Lipinski definition) is 5. The molecule has 0 bridgehead atoms. The molecule has 0 saturated carbocycles. The van der Waals surface area contributed by atoms with Crippen LogP contribution in [-0.2, 0) is 6.54 Å². The molecule has 1 aromatic heterocycles. The molecule has 2 N–H and O–H groups in total. The first kappa shape index (κ1) is 15.4. The summed E-state index contributed by atoms with van der Waals surface area (Å²) in [6.07, 6.45) is 6.46. The van der Waals surface area contributed by atoms with E-state index in [2.05, 4.69) is 20.2 Å². The number of carbonyl (C=O) groups is 1. The maximum atomic E-state index is 12.2. The molecule has 1 fully saturated rings. The van der Waals surface area contributed by atoms with Crippen molar-refractivity contribution in [1.82, 2.24) is 20.2 Å². The van der Waals surface area contributed by atoms with Gasteiger partial charge in [-0.25, -0.2) is 9.97 Å². The second-order valence-electron chi connectivity index (χ2n) is 5.84. The molecule has 1 atom stereocenters. The number of piperidine rings is 1. The van der Waals surface area contributed by atoms with E-state index in [1.807, 2.05) is 12.1 Å². The molecule has 1 unspecified atom stereocenters. The SMILES string of the molecule is O=C(NC1CCCN(Cc2cccc(O)c2)C1)c1cncnc1. The van der Waals surface area contributed by atoms with Gasteiger partial charge < -0.3 is 10.4 Å². The molecular formula is C17H20N4O2. The molecule has 6 heteroatoms. The predicted molar refractivity (Wildman–Crippen MR) is 85.9 cm³/mol. The summed E-state index contributed by atoms with van der Waals surface area (Å²) in [7, 11) is 0. The number of nitrogens with zero attached hydrogens (tertiary/aromatic N) is 3. The van der Waals surface area contributed by atoms with Crippen molar-refractivity contribution in [3.63, 3.8) is 0 Å². The molecule has 6 nitrogen and oxygen atoms in total. The molecule has 3 rings (SSSR count). The van der Waals surface area contributed by atoms with Gasteiger partial charge in [-0.2, -0.15) is 0 Å². The molecule has 0 radical (unpaired) electrons. The second-order valence-corrected chi connectivity index (χ2v) is 5.84. The molecule has 1 amide bonds. The Labute approximate surface area is 135 Å². The van der Waals surface area contributed by atoms with Gasteiger partial charge in [-0.3, -0.25) is 9.69 Å². The fourth-order valence-corrected chi connectivity index (χ4v) is 2.92. The summed E-state index contributed by atoms with van der Waals surface area (Å²) in [4.78, 5) is 22.2. The third-order valence-corrected chi connectivity index (χ3v) is 3.98. The van der Waals surface area contributed by atoms with Crippen LogP contribution in [0.5, 0.6) is 5.75 Å². The zero-order valence-electron chi connectivity index (χ0n) is 12.9. The van der Waals surface area contributed by atoms with E-state index in [9.17, 15) is 9.90 Å². The molecule has 0 aliphatic carbocycles. The molecule has 1 aromatic carbocycles. The molecule has 120 valence electrons. The summed E-state index contributed by atoms with van der Waals surface area (Å²) in [6, 6.07) is 7.43. The summed E-state index contributed by atoms with van der Waals surface area (Å²) < 4.78 is 0. The Kier molecular flexibility index (Phi) is 4.83. The van der Waals surface area contributed by atoms with Crippen LogP contribution in [0.3, 0.4) is 0 Å². The Bertz CT molecular complexity index is 663. The number of likely N-dealkylation sites (tertiary alicyclic amines) is 1. The zero-order valence-corrected chi connectivity index (χ0v) is 12.9. The van der Waals surface area contributed by atoms with E-state index in [0.29, 0.717) is 5.56 Å². The first-order chi connectivity index (χ1) is 11.2. The van der Waals surface area contributed by atoms with Crippen LogP contribution in [0.15, 0.2) is 43.0 Å². The molecule has 1 saturated heterocycles. The normalized spacial score (nSPS) is 18.5. The second kappa shape index (κ2) is 7.19. The van der Waals surface area contributed by atoms with Gasteiger partial charge in [0.1, 0.15) is 12.1 Å². The molecule has 2 heterocycles. The summed E-state index contributed by atoms with van der Waals surface area (Å²) in [5.74, 6) is 0.156. The first-order valence-corrected chi connectivity index (χ1v) is 7.77. The van der Waals surface area contributed by atoms with Crippen LogP contribution >= 0.6 is 0 Å². The molecule has 2 aromatic rings. The van der Waals surface area contributed by atoms with Crippen LogP contribution in [-0.4, -0.2) is 45.0 Å². The number of benzene rings is 1. The van der Waals surface area contributed by atoms with Crippen molar-refractivity contribution in [2.45, 2.75) is 25.4 Å². The van der Waals surface area contributed by atoms with Gasteiger partial charge in [0.2, 0.25) is 0 Å². The monoisotopic (exact) mass is 312 g/mol. The predicted octanol–water partition coefficient (Wildman–Crippen LogP) is 1.58. The van der Waals surface area contributed by atoms with E-state index < -0.39 is 0 Å². The van der Waals surface area contributed by atoms with E-state index in [0.717, 1.165) is 38.0 Å². The van der Waals surface area contributed by atoms with Gasteiger partial charge in [-0.1, -0.05) is 12.1 Å². The van der Waals surface area contributed by atoms with Gasteiger partial charge in [-0.05, 0) is 37.1 Å². The zero-order chi connectivity index (χ0) is 16.1. The summed E-state index contributed by atoms with van der Waals surface area (Å²) in [5, 5.41) is 12.6. The largest absolute Gasteiger partial charge is 0.508 e. The van der Waals surface area contributed by atoms with Crippen LogP contribution in [0, 0.1) is 0 Å². The van der Waals surface area contributed by atoms with Gasteiger partial charge in [-0.15, -0.1) is 0 Å². The molecule has 23 heavy (non-hydrogen) atoms. The van der Waals surface area contributed by atoms with Crippen molar-refractivity contribution >= 4 is 5.91 Å². The lowest BCUT2D eigenvalue weighted by molar-refractivity contribution is 0.0900. The van der Waals surface area contributed by atoms with Crippen molar-refractivity contribution in [3.8, 4) is 5.75 Å². The van der Waals surface area contributed by atoms with Crippen molar-refractivity contribution in [2.24, 2.45) is 0 Å². The van der Waals surface area contributed by atoms with E-state index in [1.165, 1.54) is 18.7 Å². The summed E-state index contributed by atoms with van der Waals surface area (Å²) in [5.41, 5.74) is 1.56. The fourth-order valence-electron chi connectivity index (χ4n) is 2.92. The lowest BCUT2D eigenvalue weighted by atomic mass is 10.0. The van der Waals surface area contributed by atoms with Crippen molar-refractivity contribution < 1.29 is 9.90 Å². The Balaban J connectivity index is 1.57. The highest BCUT2D eigenvalue weighted by Crippen LogP contribution is 2.17. The van der Waals surface area contributed by atoms with Crippen molar-refractivity contribution in [3.05, 3.63) is 54.1 Å². The van der Waals surface area contributed by atoms with Crippen LogP contribution in [0.1, 0.15) is 28.8 Å². The lowest BCUT2D eigenvalue weighted by Gasteiger charge is -2.33. The molecular weight excluding hydrogens is 292 g/mol. The number of phenolic OH excluding ortho intramolecular Hbond substituents is 1. The van der Waals surface area contributed by atoms with E-state index >= 15 is 0 Å². The van der Waals surface area contributed by atoms with Crippen LogP contribution in [0.4, 0.5) is 0 Å². The standard InChI is InChI=1S/C17H20N4O2/c22-16-5-1-3-13(7-16)10-21-6-2-4-15(11-21)20-17(23)14-8-18-12-19-9-14/h1,3,5,7-9,12,15,22H,2,4,6,10-11H2,(H,20,23). The minimum Gasteiger partial charge on any atom is -0.508 e. The van der Waals surface area contributed by atoms with Gasteiger partial charge in [0, 0.05) is 31.5 Å². The van der Waals surface area contributed by atoms with Crippen LogP contribution in [0.25, 0.3) is 0 Å². The Morgan fingerprint density at radius 1 is 1.35 bits per heavy atom. The minimum atomic E-state index is -0.130. The average Bonchev–Trinajstić information content (AvgIpc) is 2.56. The Hall–Kier alpha value is -2.47. The molecule has 1 aliphatic rings. The first-order valence-electron chi connectivity index (χ1n) is 7.77. The average molecular weight is 312 g/mol. The van der Waals surface area contributed by atoms with Gasteiger partial charge in [0.05, 0.1) is 5.56 Å². The maximum Gasteiger partial charge on any atom is 0.254 e. The number of carbonyl (C=O) groups excluding carboxylic acids is 1. The lowest BCUT2D eigenvalue weighted by Crippen LogP contribution is -2.47. The quantitative estimate of drug-likeness (QED) is 0.896. The number of aromatic hydroxyl groups is 1. The smallest absolute Gasteiger partial charge is 0.254 e. The van der Waals surface area contributed by atoms with Crippen LogP contribution in [0.2, 0.25) is 0 Å². The molecule has 0 spiro atoms. The number of phenols is 1. The maximum absolute atomic E-state index is 12.2. The van der Waals surface area contributed by atoms with E-state index in [1.54, 1.807) is 12.1 Å². The van der Waals surface area contributed by atoms with Gasteiger partial charge >= 0.3 is 0 Å². The number of nitrogens with one attached hydrogen (secondary N) is 1. The number of amides is 1. The number of aromatic nitrogens is 2. The highest BCUT2D eigenvalue weighted by molar-refractivity contribution is 5.93.